The number of aromatic nitrogens is 4. The molecule has 5 rings (SSSR count). The first-order valence-corrected chi connectivity index (χ1v) is 12.0. The first kappa shape index (κ1) is 22.8. The van der Waals surface area contributed by atoms with Crippen molar-refractivity contribution in [1.29, 1.82) is 0 Å². The molecule has 0 spiro atoms. The normalized spacial score (nSPS) is 11.2. The number of hydrogen-bond donors (Lipinski definition) is 0. The van der Waals surface area contributed by atoms with Gasteiger partial charge >= 0.3 is 0 Å². The van der Waals surface area contributed by atoms with Crippen LogP contribution in [0.3, 0.4) is 0 Å². The maximum absolute atomic E-state index is 13.5. The lowest BCUT2D eigenvalue weighted by Gasteiger charge is -2.13. The second-order valence-electron chi connectivity index (χ2n) is 7.80. The summed E-state index contributed by atoms with van der Waals surface area (Å²) < 4.78 is 20.0. The molecular weight excluding hydrogens is 464 g/mol. The molecule has 0 N–H and O–H groups in total. The fraction of sp³-hybridized carbons (Fsp3) is 0.192. The molecule has 0 unspecified atom stereocenters. The van der Waals surface area contributed by atoms with Crippen LogP contribution in [-0.4, -0.2) is 40.5 Å². The molecule has 2 heterocycles. The van der Waals surface area contributed by atoms with Crippen molar-refractivity contribution in [2.45, 2.75) is 17.5 Å². The molecule has 0 radical (unpaired) electrons. The molecule has 8 nitrogen and oxygen atoms in total. The van der Waals surface area contributed by atoms with Gasteiger partial charge in [-0.15, -0.1) is 10.2 Å². The van der Waals surface area contributed by atoms with Crippen molar-refractivity contribution >= 4 is 28.4 Å². The highest BCUT2D eigenvalue weighted by Crippen LogP contribution is 2.31. The van der Waals surface area contributed by atoms with Crippen molar-refractivity contribution in [2.24, 2.45) is 0 Å². The Morgan fingerprint density at radius 2 is 1.57 bits per heavy atom. The summed E-state index contributed by atoms with van der Waals surface area (Å²) in [5.41, 5.74) is 2.49. The Balaban J connectivity index is 1.62. The number of hydrogen-bond acceptors (Lipinski definition) is 7. The highest BCUT2D eigenvalue weighted by molar-refractivity contribution is 7.98. The third-order valence-electron chi connectivity index (χ3n) is 5.84. The van der Waals surface area contributed by atoms with Crippen LogP contribution < -0.4 is 19.8 Å². The Morgan fingerprint density at radius 1 is 0.829 bits per heavy atom. The van der Waals surface area contributed by atoms with Crippen molar-refractivity contribution in [3.63, 3.8) is 0 Å². The Morgan fingerprint density at radius 3 is 2.37 bits per heavy atom. The van der Waals surface area contributed by atoms with E-state index >= 15 is 0 Å². The smallest absolute Gasteiger partial charge is 0.263 e. The Bertz CT molecular complexity index is 1580. The van der Waals surface area contributed by atoms with Gasteiger partial charge in [-0.3, -0.25) is 13.8 Å². The number of para-hydroxylation sites is 2. The summed E-state index contributed by atoms with van der Waals surface area (Å²) in [6.07, 6.45) is 0. The fourth-order valence-electron chi connectivity index (χ4n) is 4.11. The van der Waals surface area contributed by atoms with Crippen LogP contribution in [0.2, 0.25) is 0 Å². The van der Waals surface area contributed by atoms with Gasteiger partial charge in [0, 0.05) is 16.9 Å². The number of nitrogens with zero attached hydrogens (tertiary/aromatic N) is 4. The van der Waals surface area contributed by atoms with Gasteiger partial charge in [-0.1, -0.05) is 42.1 Å². The molecular formula is C26H24N4O4S. The third kappa shape index (κ3) is 4.19. The predicted molar refractivity (Wildman–Crippen MR) is 136 cm³/mol. The van der Waals surface area contributed by atoms with Gasteiger partial charge in [0.15, 0.2) is 5.16 Å². The van der Waals surface area contributed by atoms with Crippen LogP contribution in [0.1, 0.15) is 11.1 Å². The number of rotatable bonds is 8. The summed E-state index contributed by atoms with van der Waals surface area (Å²) >= 11 is 1.52. The minimum Gasteiger partial charge on any atom is -0.497 e. The minimum absolute atomic E-state index is 0.127. The standard InChI is InChI=1S/C26H24N4O4S/c1-32-19-12-13-23(34-3)18(14-19)16-35-26-28-27-25-29(15-17-8-4-7-11-22(17)33-2)24(31)20-9-5-6-10-21(20)30(25)26/h4-14H,15-16H2,1-3H3. The van der Waals surface area contributed by atoms with E-state index in [1.807, 2.05) is 71.1 Å². The van der Waals surface area contributed by atoms with E-state index in [2.05, 4.69) is 10.2 Å². The summed E-state index contributed by atoms with van der Waals surface area (Å²) in [6, 6.07) is 20.9. The Hall–Kier alpha value is -3.98. The van der Waals surface area contributed by atoms with Gasteiger partial charge in [-0.2, -0.15) is 0 Å². The maximum Gasteiger partial charge on any atom is 0.263 e. The zero-order valence-corrected chi connectivity index (χ0v) is 20.4. The van der Waals surface area contributed by atoms with Crippen LogP contribution in [-0.2, 0) is 12.3 Å². The number of ether oxygens (including phenoxy) is 3. The van der Waals surface area contributed by atoms with Crippen molar-refractivity contribution < 1.29 is 14.2 Å². The molecule has 0 aliphatic rings. The van der Waals surface area contributed by atoms with Gasteiger partial charge in [-0.05, 0) is 36.4 Å². The van der Waals surface area contributed by atoms with Gasteiger partial charge in [0.05, 0.1) is 38.8 Å². The molecule has 0 atom stereocenters. The van der Waals surface area contributed by atoms with Crippen molar-refractivity contribution in [3.8, 4) is 17.2 Å². The van der Waals surface area contributed by atoms with Crippen molar-refractivity contribution in [1.82, 2.24) is 19.2 Å². The third-order valence-corrected chi connectivity index (χ3v) is 6.82. The second-order valence-corrected chi connectivity index (χ2v) is 8.75. The summed E-state index contributed by atoms with van der Waals surface area (Å²) in [4.78, 5) is 13.5. The van der Waals surface area contributed by atoms with Crippen LogP contribution >= 0.6 is 11.8 Å². The second kappa shape index (κ2) is 9.71. The van der Waals surface area contributed by atoms with E-state index in [9.17, 15) is 4.79 Å². The summed E-state index contributed by atoms with van der Waals surface area (Å²) in [5, 5.41) is 10.2. The first-order valence-electron chi connectivity index (χ1n) is 11.0. The van der Waals surface area contributed by atoms with Crippen LogP contribution in [0.4, 0.5) is 0 Å². The zero-order valence-electron chi connectivity index (χ0n) is 19.6. The highest BCUT2D eigenvalue weighted by Gasteiger charge is 2.18. The lowest BCUT2D eigenvalue weighted by Crippen LogP contribution is -2.24. The van der Waals surface area contributed by atoms with Crippen LogP contribution in [0.25, 0.3) is 16.7 Å². The topological polar surface area (TPSA) is 79.9 Å². The quantitative estimate of drug-likeness (QED) is 0.299. The zero-order chi connectivity index (χ0) is 24.4. The summed E-state index contributed by atoms with van der Waals surface area (Å²) in [5.74, 6) is 3.29. The maximum atomic E-state index is 13.5. The first-order chi connectivity index (χ1) is 17.1. The fourth-order valence-corrected chi connectivity index (χ4v) is 5.03. The van der Waals surface area contributed by atoms with Gasteiger partial charge < -0.3 is 14.2 Å². The van der Waals surface area contributed by atoms with Gasteiger partial charge in [0.1, 0.15) is 17.2 Å². The molecule has 35 heavy (non-hydrogen) atoms. The van der Waals surface area contributed by atoms with E-state index in [4.69, 9.17) is 14.2 Å². The van der Waals surface area contributed by atoms with Crippen LogP contribution in [0.5, 0.6) is 17.2 Å². The SMILES string of the molecule is COc1ccc(OC)c(CSc2nnc3n(Cc4ccccc4OC)c(=O)c4ccccc4n23)c1. The average Bonchev–Trinajstić information content (AvgIpc) is 3.33. The van der Waals surface area contributed by atoms with Gasteiger partial charge in [0.2, 0.25) is 5.78 Å². The van der Waals surface area contributed by atoms with Crippen LogP contribution in [0.15, 0.2) is 76.7 Å². The average molecular weight is 489 g/mol. The minimum atomic E-state index is -0.127. The van der Waals surface area contributed by atoms with E-state index in [0.717, 1.165) is 28.1 Å². The predicted octanol–water partition coefficient (Wildman–Crippen LogP) is 4.41. The van der Waals surface area contributed by atoms with Crippen molar-refractivity contribution in [3.05, 3.63) is 88.2 Å². The van der Waals surface area contributed by atoms with Gasteiger partial charge in [0.25, 0.3) is 5.56 Å². The number of fused-ring (bicyclic) bond motifs is 3. The molecule has 9 heteroatoms. The van der Waals surface area contributed by atoms with E-state index in [-0.39, 0.29) is 5.56 Å². The van der Waals surface area contributed by atoms with E-state index in [1.54, 1.807) is 25.9 Å². The Kier molecular flexibility index (Phi) is 6.33. The molecule has 0 amide bonds. The lowest BCUT2D eigenvalue weighted by atomic mass is 10.2. The lowest BCUT2D eigenvalue weighted by molar-refractivity contribution is 0.400. The van der Waals surface area contributed by atoms with E-state index in [1.165, 1.54) is 11.8 Å². The molecule has 0 aliphatic carbocycles. The van der Waals surface area contributed by atoms with Gasteiger partial charge in [-0.25, -0.2) is 0 Å². The molecule has 5 aromatic rings. The van der Waals surface area contributed by atoms with E-state index in [0.29, 0.717) is 34.4 Å². The summed E-state index contributed by atoms with van der Waals surface area (Å²) in [7, 11) is 4.90. The van der Waals surface area contributed by atoms with E-state index < -0.39 is 0 Å². The summed E-state index contributed by atoms with van der Waals surface area (Å²) in [6.45, 7) is 0.309. The molecule has 3 aromatic carbocycles. The molecule has 2 aromatic heterocycles. The largest absolute Gasteiger partial charge is 0.497 e. The molecule has 0 saturated carbocycles. The molecule has 178 valence electrons. The molecule has 0 bridgehead atoms. The number of benzene rings is 3. The molecule has 0 saturated heterocycles. The number of methoxy groups -OCH3 is 3. The highest BCUT2D eigenvalue weighted by atomic mass is 32.2. The van der Waals surface area contributed by atoms with Crippen LogP contribution in [0, 0.1) is 0 Å². The molecule has 0 fully saturated rings. The van der Waals surface area contributed by atoms with Crippen molar-refractivity contribution in [2.75, 3.05) is 21.3 Å². The number of thioether (sulfide) groups is 1. The molecule has 0 aliphatic heterocycles. The monoisotopic (exact) mass is 488 g/mol. The Labute approximate surface area is 206 Å².